The van der Waals surface area contributed by atoms with E-state index in [1.165, 1.54) is 0 Å². The normalized spacial score (nSPS) is 14.3. The summed E-state index contributed by atoms with van der Waals surface area (Å²) in [6.45, 7) is 4.00. The van der Waals surface area contributed by atoms with Gasteiger partial charge in [0.05, 0.1) is 0 Å². The van der Waals surface area contributed by atoms with Crippen molar-refractivity contribution in [3.63, 3.8) is 0 Å². The number of likely N-dealkylation sites (N-methyl/N-ethyl adjacent to an activating group) is 1. The van der Waals surface area contributed by atoms with E-state index < -0.39 is 0 Å². The molecular weight excluding hydrogens is 363 g/mol. The molecule has 0 atom stereocenters. The molecule has 1 aliphatic heterocycles. The predicted octanol–water partition coefficient (Wildman–Crippen LogP) is 3.55. The summed E-state index contributed by atoms with van der Waals surface area (Å²) in [5.74, 6) is 2.60. The third-order valence-electron chi connectivity index (χ3n) is 2.68. The van der Waals surface area contributed by atoms with Crippen LogP contribution in [0, 0.1) is 18.4 Å². The van der Waals surface area contributed by atoms with Gasteiger partial charge in [-0.1, -0.05) is 40.4 Å². The van der Waals surface area contributed by atoms with E-state index in [2.05, 4.69) is 34.5 Å². The Morgan fingerprint density at radius 1 is 1.33 bits per heavy atom. The quantitative estimate of drug-likeness (QED) is 0.537. The van der Waals surface area contributed by atoms with Crippen molar-refractivity contribution in [1.29, 1.82) is 0 Å². The minimum atomic E-state index is 0. The van der Waals surface area contributed by atoms with Crippen molar-refractivity contribution >= 4 is 21.6 Å². The van der Waals surface area contributed by atoms with Crippen molar-refractivity contribution in [3.05, 3.63) is 64.3 Å². The molecular formula is C15H11BrNY-. The molecule has 1 aromatic rings. The Kier molecular flexibility index (Phi) is 5.59. The van der Waals surface area contributed by atoms with E-state index in [1.807, 2.05) is 42.3 Å². The van der Waals surface area contributed by atoms with Crippen LogP contribution in [0.3, 0.4) is 0 Å². The molecule has 1 nitrogen and oxygen atoms in total. The van der Waals surface area contributed by atoms with Crippen molar-refractivity contribution in [2.24, 2.45) is 0 Å². The van der Waals surface area contributed by atoms with E-state index in [-0.39, 0.29) is 32.7 Å². The Morgan fingerprint density at radius 2 is 1.94 bits per heavy atom. The fraction of sp³-hybridized carbons (Fsp3) is 0.0667. The summed E-state index contributed by atoms with van der Waals surface area (Å²) < 4.78 is 0.948. The predicted molar refractivity (Wildman–Crippen MR) is 74.9 cm³/mol. The largest absolute Gasteiger partial charge is 0.378 e. The van der Waals surface area contributed by atoms with Crippen LogP contribution in [-0.2, 0) is 32.7 Å². The number of allylic oxidation sites excluding steroid dienone is 3. The van der Waals surface area contributed by atoms with Gasteiger partial charge in [-0.3, -0.25) is 0 Å². The van der Waals surface area contributed by atoms with Crippen molar-refractivity contribution < 1.29 is 32.7 Å². The minimum absolute atomic E-state index is 0. The molecule has 18 heavy (non-hydrogen) atoms. The van der Waals surface area contributed by atoms with E-state index in [4.69, 9.17) is 6.42 Å². The molecule has 1 heterocycles. The first-order valence-electron chi connectivity index (χ1n) is 5.12. The zero-order valence-corrected chi connectivity index (χ0v) is 14.5. The number of nitrogens with zero attached hydrogens (tertiary/aromatic N) is 1. The van der Waals surface area contributed by atoms with Gasteiger partial charge in [0.25, 0.3) is 0 Å². The second kappa shape index (κ2) is 6.52. The van der Waals surface area contributed by atoms with Crippen molar-refractivity contribution in [2.45, 2.75) is 0 Å². The monoisotopic (exact) mass is 373 g/mol. The molecule has 1 aliphatic rings. The third-order valence-corrected chi connectivity index (χ3v) is 3.36. The van der Waals surface area contributed by atoms with Gasteiger partial charge in [0, 0.05) is 45.3 Å². The molecule has 0 aliphatic carbocycles. The van der Waals surface area contributed by atoms with Crippen molar-refractivity contribution in [1.82, 2.24) is 4.90 Å². The van der Waals surface area contributed by atoms with Crippen LogP contribution in [0.2, 0.25) is 0 Å². The number of benzene rings is 1. The molecule has 0 saturated carbocycles. The Hall–Kier alpha value is -0.616. The van der Waals surface area contributed by atoms with Gasteiger partial charge < -0.3 is 4.90 Å². The fourth-order valence-electron chi connectivity index (χ4n) is 1.61. The zero-order valence-electron chi connectivity index (χ0n) is 10.1. The van der Waals surface area contributed by atoms with Crippen molar-refractivity contribution in [3.8, 4) is 12.3 Å². The maximum absolute atomic E-state index is 5.33. The standard InChI is InChI=1S/C15H11BrN.Y/c1-4-12-5-7-13(8-6-12)15-10-9-14(16)11(2)17(15)3;/h1,5-9H,2H2,3H3;/q-1;. The van der Waals surface area contributed by atoms with Gasteiger partial charge in [-0.2, -0.15) is 12.2 Å². The summed E-state index contributed by atoms with van der Waals surface area (Å²) in [5, 5.41) is 0. The van der Waals surface area contributed by atoms with Crippen LogP contribution in [0.4, 0.5) is 0 Å². The summed E-state index contributed by atoms with van der Waals surface area (Å²) in [6.07, 6.45) is 10.4. The van der Waals surface area contributed by atoms with Gasteiger partial charge in [0.15, 0.2) is 0 Å². The van der Waals surface area contributed by atoms with E-state index in [9.17, 15) is 0 Å². The molecule has 0 spiro atoms. The van der Waals surface area contributed by atoms with Crippen LogP contribution in [0.25, 0.3) is 5.70 Å². The Morgan fingerprint density at radius 3 is 2.50 bits per heavy atom. The van der Waals surface area contributed by atoms with E-state index in [1.54, 1.807) is 0 Å². The second-order valence-electron chi connectivity index (χ2n) is 3.71. The summed E-state index contributed by atoms with van der Waals surface area (Å²) in [4.78, 5) is 2.00. The first-order valence-corrected chi connectivity index (χ1v) is 5.92. The van der Waals surface area contributed by atoms with Crippen LogP contribution < -0.4 is 0 Å². The Labute approximate surface area is 142 Å². The molecule has 1 radical (unpaired) electrons. The molecule has 1 aromatic carbocycles. The molecule has 0 N–H and O–H groups in total. The minimum Gasteiger partial charge on any atom is -0.378 e. The summed E-state index contributed by atoms with van der Waals surface area (Å²) in [6, 6.07) is 7.84. The molecule has 0 aromatic heterocycles. The third kappa shape index (κ3) is 3.04. The molecule has 87 valence electrons. The molecule has 2 rings (SSSR count). The molecule has 3 heteroatoms. The zero-order chi connectivity index (χ0) is 12.4. The smallest absolute Gasteiger partial charge is 0.0222 e. The molecule has 0 fully saturated rings. The maximum Gasteiger partial charge on any atom is 0.0222 e. The topological polar surface area (TPSA) is 3.24 Å². The number of terminal acetylenes is 1. The van der Waals surface area contributed by atoms with Gasteiger partial charge in [0.2, 0.25) is 0 Å². The first-order chi connectivity index (χ1) is 8.13. The molecule has 0 unspecified atom stereocenters. The van der Waals surface area contributed by atoms with Gasteiger partial charge >= 0.3 is 0 Å². The average molecular weight is 374 g/mol. The maximum atomic E-state index is 5.33. The van der Waals surface area contributed by atoms with Crippen molar-refractivity contribution in [2.75, 3.05) is 7.05 Å². The van der Waals surface area contributed by atoms with E-state index >= 15 is 0 Å². The van der Waals surface area contributed by atoms with E-state index in [0.717, 1.165) is 27.0 Å². The van der Waals surface area contributed by atoms with Gasteiger partial charge in [-0.25, -0.2) is 0 Å². The Bertz CT molecular complexity index is 561. The summed E-state index contributed by atoms with van der Waals surface area (Å²) >= 11 is 3.43. The SMILES string of the molecule is C#Cc1ccc(C2=[C-]C=C(Br)C(=C)N2C)cc1.[Y]. The average Bonchev–Trinajstić information content (AvgIpc) is 2.36. The van der Waals surface area contributed by atoms with Crippen LogP contribution >= 0.6 is 15.9 Å². The van der Waals surface area contributed by atoms with Gasteiger partial charge in [-0.15, -0.1) is 34.5 Å². The fourth-order valence-corrected chi connectivity index (χ4v) is 1.99. The second-order valence-corrected chi connectivity index (χ2v) is 4.57. The molecule has 0 amide bonds. The number of rotatable bonds is 1. The van der Waals surface area contributed by atoms with E-state index in [0.29, 0.717) is 0 Å². The number of halogens is 1. The first kappa shape index (κ1) is 15.4. The summed E-state index contributed by atoms with van der Waals surface area (Å²) in [5.41, 5.74) is 3.86. The van der Waals surface area contributed by atoms with Crippen LogP contribution in [0.15, 0.2) is 47.1 Å². The number of hydrogen-bond acceptors (Lipinski definition) is 1. The van der Waals surface area contributed by atoms with Crippen LogP contribution in [0.5, 0.6) is 0 Å². The van der Waals surface area contributed by atoms with Crippen LogP contribution in [0.1, 0.15) is 11.1 Å². The van der Waals surface area contributed by atoms with Gasteiger partial charge in [0.1, 0.15) is 0 Å². The molecule has 0 bridgehead atoms. The van der Waals surface area contributed by atoms with Gasteiger partial charge in [-0.05, 0) is 5.70 Å². The molecule has 0 saturated heterocycles. The van der Waals surface area contributed by atoms with Crippen LogP contribution in [-0.4, -0.2) is 11.9 Å². The Balaban J connectivity index is 0.00000162. The summed E-state index contributed by atoms with van der Waals surface area (Å²) in [7, 11) is 1.97. The number of hydrogen-bond donors (Lipinski definition) is 0.